The minimum absolute atomic E-state index is 0.00594. The first kappa shape index (κ1) is 19.5. The number of carbonyl (C=O) groups is 1. The number of allylic oxidation sites excluding steroid dienone is 2. The molecule has 136 valence electrons. The van der Waals surface area contributed by atoms with E-state index in [1.165, 1.54) is 0 Å². The average molecular weight is 351 g/mol. The van der Waals surface area contributed by atoms with Gasteiger partial charge in [0.1, 0.15) is 11.5 Å². The number of ketones is 1. The molecule has 4 heteroatoms. The van der Waals surface area contributed by atoms with Crippen molar-refractivity contribution in [3.8, 4) is 11.5 Å². The number of benzene rings is 2. The zero-order chi connectivity index (χ0) is 18.9. The summed E-state index contributed by atoms with van der Waals surface area (Å²) in [5, 5.41) is 20.2. The van der Waals surface area contributed by atoms with Crippen LogP contribution in [0, 0.1) is 0 Å². The summed E-state index contributed by atoms with van der Waals surface area (Å²) < 4.78 is 0. The van der Waals surface area contributed by atoms with E-state index in [0.717, 1.165) is 11.1 Å². The summed E-state index contributed by atoms with van der Waals surface area (Å²) in [6.07, 6.45) is 4.24. The molecule has 0 amide bonds. The van der Waals surface area contributed by atoms with Gasteiger partial charge in [0.25, 0.3) is 0 Å². The molecule has 2 rings (SSSR count). The van der Waals surface area contributed by atoms with Gasteiger partial charge < -0.3 is 10.2 Å². The van der Waals surface area contributed by atoms with Gasteiger partial charge >= 0.3 is 0 Å². The van der Waals surface area contributed by atoms with Crippen LogP contribution in [0.4, 0.5) is 0 Å². The fraction of sp³-hybridized carbons (Fsp3) is 0.227. The standard InChI is InChI=1S/C22H25NO3/c1-3-4-9-18(17(2)24)14-23(15-19-10-5-7-12-21(19)25)16-20-11-6-8-13-22(20)26/h3,5-13,25-26H,1,4,14-16H2,2H3/b18-9-. The molecule has 26 heavy (non-hydrogen) atoms. The highest BCUT2D eigenvalue weighted by Gasteiger charge is 2.15. The molecule has 0 atom stereocenters. The summed E-state index contributed by atoms with van der Waals surface area (Å²) in [5.74, 6) is 0.440. The van der Waals surface area contributed by atoms with Crippen LogP contribution in [0.15, 0.2) is 72.8 Å². The minimum atomic E-state index is 0.00594. The van der Waals surface area contributed by atoms with Crippen LogP contribution in [-0.2, 0) is 17.9 Å². The lowest BCUT2D eigenvalue weighted by Crippen LogP contribution is -2.27. The number of Topliss-reactive ketones (excluding diaryl/α,β-unsaturated/α-hetero) is 1. The van der Waals surface area contributed by atoms with Crippen molar-refractivity contribution in [2.24, 2.45) is 0 Å². The highest BCUT2D eigenvalue weighted by molar-refractivity contribution is 5.93. The second-order valence-corrected chi connectivity index (χ2v) is 6.21. The summed E-state index contributed by atoms with van der Waals surface area (Å²) in [5.41, 5.74) is 2.24. The van der Waals surface area contributed by atoms with E-state index in [0.29, 0.717) is 31.6 Å². The second-order valence-electron chi connectivity index (χ2n) is 6.21. The van der Waals surface area contributed by atoms with Crippen LogP contribution in [0.2, 0.25) is 0 Å². The third-order valence-corrected chi connectivity index (χ3v) is 4.15. The van der Waals surface area contributed by atoms with E-state index in [1.54, 1.807) is 37.3 Å². The molecular formula is C22H25NO3. The maximum absolute atomic E-state index is 12.0. The Balaban J connectivity index is 2.28. The predicted molar refractivity (Wildman–Crippen MR) is 104 cm³/mol. The molecule has 0 unspecified atom stereocenters. The molecule has 0 radical (unpaired) electrons. The summed E-state index contributed by atoms with van der Waals surface area (Å²) >= 11 is 0. The van der Waals surface area contributed by atoms with Crippen molar-refractivity contribution in [3.63, 3.8) is 0 Å². The first-order chi connectivity index (χ1) is 12.5. The maximum Gasteiger partial charge on any atom is 0.156 e. The number of phenolic OH excluding ortho intramolecular Hbond substituents is 2. The Bertz CT molecular complexity index is 748. The molecule has 0 aliphatic carbocycles. The normalized spacial score (nSPS) is 11.5. The molecular weight excluding hydrogens is 326 g/mol. The van der Waals surface area contributed by atoms with Crippen LogP contribution in [0.5, 0.6) is 11.5 Å². The molecule has 0 aliphatic heterocycles. The molecule has 4 nitrogen and oxygen atoms in total. The number of nitrogens with zero attached hydrogens (tertiary/aromatic N) is 1. The van der Waals surface area contributed by atoms with Crippen LogP contribution in [0.25, 0.3) is 0 Å². The van der Waals surface area contributed by atoms with E-state index in [1.807, 2.05) is 35.2 Å². The number of hydrogen-bond acceptors (Lipinski definition) is 4. The molecule has 2 N–H and O–H groups in total. The number of aromatic hydroxyl groups is 2. The summed E-state index contributed by atoms with van der Waals surface area (Å²) in [6, 6.07) is 14.3. The van der Waals surface area contributed by atoms with Crippen LogP contribution in [0.3, 0.4) is 0 Å². The van der Waals surface area contributed by atoms with Gasteiger partial charge in [0.15, 0.2) is 5.78 Å². The maximum atomic E-state index is 12.0. The number of carbonyl (C=O) groups excluding carboxylic acids is 1. The van der Waals surface area contributed by atoms with Crippen LogP contribution < -0.4 is 0 Å². The van der Waals surface area contributed by atoms with Gasteiger partial charge in [0.2, 0.25) is 0 Å². The summed E-state index contributed by atoms with van der Waals surface area (Å²) in [6.45, 7) is 6.58. The Kier molecular flexibility index (Phi) is 7.18. The van der Waals surface area contributed by atoms with E-state index in [2.05, 4.69) is 6.58 Å². The average Bonchev–Trinajstić information content (AvgIpc) is 2.62. The SMILES string of the molecule is C=CC/C=C(/CN(Cc1ccccc1O)Cc1ccccc1O)C(C)=O. The van der Waals surface area contributed by atoms with Gasteiger partial charge in [-0.15, -0.1) is 6.58 Å². The topological polar surface area (TPSA) is 60.8 Å². The molecule has 0 aliphatic rings. The highest BCUT2D eigenvalue weighted by atomic mass is 16.3. The lowest BCUT2D eigenvalue weighted by molar-refractivity contribution is -0.113. The second kappa shape index (κ2) is 9.59. The van der Waals surface area contributed by atoms with Gasteiger partial charge in [0.05, 0.1) is 0 Å². The van der Waals surface area contributed by atoms with Crippen molar-refractivity contribution in [1.82, 2.24) is 4.90 Å². The zero-order valence-corrected chi connectivity index (χ0v) is 15.1. The third-order valence-electron chi connectivity index (χ3n) is 4.15. The fourth-order valence-electron chi connectivity index (χ4n) is 2.72. The van der Waals surface area contributed by atoms with Gasteiger partial charge in [0, 0.05) is 36.3 Å². The Hall–Kier alpha value is -2.85. The highest BCUT2D eigenvalue weighted by Crippen LogP contribution is 2.23. The van der Waals surface area contributed by atoms with Crippen molar-refractivity contribution in [1.29, 1.82) is 0 Å². The van der Waals surface area contributed by atoms with Crippen LogP contribution in [0.1, 0.15) is 24.5 Å². The molecule has 0 saturated carbocycles. The molecule has 0 spiro atoms. The van der Waals surface area contributed by atoms with Gasteiger partial charge in [-0.3, -0.25) is 9.69 Å². The van der Waals surface area contributed by atoms with Crippen LogP contribution in [-0.4, -0.2) is 27.4 Å². The zero-order valence-electron chi connectivity index (χ0n) is 15.1. The van der Waals surface area contributed by atoms with Crippen molar-refractivity contribution < 1.29 is 15.0 Å². The first-order valence-electron chi connectivity index (χ1n) is 8.58. The molecule has 0 saturated heterocycles. The quantitative estimate of drug-likeness (QED) is 0.525. The number of para-hydroxylation sites is 2. The molecule has 0 fully saturated rings. The van der Waals surface area contributed by atoms with Gasteiger partial charge in [-0.25, -0.2) is 0 Å². The van der Waals surface area contributed by atoms with Gasteiger partial charge in [-0.1, -0.05) is 48.6 Å². The van der Waals surface area contributed by atoms with E-state index < -0.39 is 0 Å². The van der Waals surface area contributed by atoms with Gasteiger partial charge in [-0.2, -0.15) is 0 Å². The smallest absolute Gasteiger partial charge is 0.156 e. The first-order valence-corrected chi connectivity index (χ1v) is 8.58. The minimum Gasteiger partial charge on any atom is -0.508 e. The fourth-order valence-corrected chi connectivity index (χ4v) is 2.72. The molecule has 0 aromatic heterocycles. The van der Waals surface area contributed by atoms with Crippen molar-refractivity contribution in [2.45, 2.75) is 26.4 Å². The van der Waals surface area contributed by atoms with E-state index in [4.69, 9.17) is 0 Å². The lowest BCUT2D eigenvalue weighted by atomic mass is 10.1. The molecule has 0 heterocycles. The lowest BCUT2D eigenvalue weighted by Gasteiger charge is -2.24. The van der Waals surface area contributed by atoms with Gasteiger partial charge in [-0.05, 0) is 25.5 Å². The van der Waals surface area contributed by atoms with E-state index >= 15 is 0 Å². The summed E-state index contributed by atoms with van der Waals surface area (Å²) in [7, 11) is 0. The molecule has 2 aromatic carbocycles. The Morgan fingerprint density at radius 3 is 1.92 bits per heavy atom. The predicted octanol–water partition coefficient (Wildman–Crippen LogP) is 4.19. The largest absolute Gasteiger partial charge is 0.508 e. The Morgan fingerprint density at radius 1 is 1.00 bits per heavy atom. The van der Waals surface area contributed by atoms with Crippen LogP contribution >= 0.6 is 0 Å². The monoisotopic (exact) mass is 351 g/mol. The Labute approximate surface area is 154 Å². The van der Waals surface area contributed by atoms with Crippen molar-refractivity contribution >= 4 is 5.78 Å². The van der Waals surface area contributed by atoms with E-state index in [9.17, 15) is 15.0 Å². The third kappa shape index (κ3) is 5.60. The Morgan fingerprint density at radius 2 is 1.50 bits per heavy atom. The number of phenols is 2. The van der Waals surface area contributed by atoms with Crippen molar-refractivity contribution in [3.05, 3.63) is 84.0 Å². The number of hydrogen-bond donors (Lipinski definition) is 2. The molecule has 0 bridgehead atoms. The number of rotatable bonds is 9. The summed E-state index contributed by atoms with van der Waals surface area (Å²) in [4.78, 5) is 14.0. The van der Waals surface area contributed by atoms with Crippen molar-refractivity contribution in [2.75, 3.05) is 6.54 Å². The van der Waals surface area contributed by atoms with E-state index in [-0.39, 0.29) is 17.3 Å². The molecule has 2 aromatic rings.